The zero-order valence-electron chi connectivity index (χ0n) is 13.8. The van der Waals surface area contributed by atoms with Gasteiger partial charge in [0, 0.05) is 25.1 Å². The number of para-hydroxylation sites is 1. The number of nitrogens with one attached hydrogen (secondary N) is 2. The highest BCUT2D eigenvalue weighted by atomic mass is 32.2. The van der Waals surface area contributed by atoms with Gasteiger partial charge >= 0.3 is 0 Å². The van der Waals surface area contributed by atoms with Crippen molar-refractivity contribution in [3.8, 4) is 5.75 Å². The van der Waals surface area contributed by atoms with Gasteiger partial charge in [0.1, 0.15) is 22.6 Å². The fourth-order valence-electron chi connectivity index (χ4n) is 3.23. The minimum absolute atomic E-state index is 0.0459. The van der Waals surface area contributed by atoms with Crippen LogP contribution < -0.4 is 14.8 Å². The standard InChI is InChI=1S/C18H17FN2O4S/c19-14-9-15-11(5-6-18(22)21-15)8-17(14)26(23,24)20-10-13-7-12-3-1-2-4-16(12)25-13/h1-4,8-9,13,20H,5-7,10H2,(H,21,22). The van der Waals surface area contributed by atoms with Gasteiger partial charge in [-0.15, -0.1) is 0 Å². The lowest BCUT2D eigenvalue weighted by Crippen LogP contribution is -2.35. The molecule has 2 aliphatic rings. The molecule has 2 heterocycles. The lowest BCUT2D eigenvalue weighted by molar-refractivity contribution is -0.116. The lowest BCUT2D eigenvalue weighted by Gasteiger charge is -2.19. The fraction of sp³-hybridized carbons (Fsp3) is 0.278. The fourth-order valence-corrected chi connectivity index (χ4v) is 4.41. The Morgan fingerprint density at radius 2 is 2.00 bits per heavy atom. The van der Waals surface area contributed by atoms with Crippen LogP contribution in [0.15, 0.2) is 41.3 Å². The predicted octanol–water partition coefficient (Wildman–Crippen LogP) is 1.99. The molecule has 0 saturated carbocycles. The van der Waals surface area contributed by atoms with Crippen LogP contribution in [0.1, 0.15) is 17.5 Å². The summed E-state index contributed by atoms with van der Waals surface area (Å²) in [5.74, 6) is -0.356. The normalized spacial score (nSPS) is 18.7. The molecular formula is C18H17FN2O4S. The first-order valence-corrected chi connectivity index (χ1v) is 9.77. The van der Waals surface area contributed by atoms with Gasteiger partial charge in [0.25, 0.3) is 0 Å². The third kappa shape index (κ3) is 3.17. The number of carbonyl (C=O) groups excluding carboxylic acids is 1. The summed E-state index contributed by atoms with van der Waals surface area (Å²) in [4.78, 5) is 11.0. The molecule has 0 aromatic heterocycles. The first-order valence-electron chi connectivity index (χ1n) is 8.29. The summed E-state index contributed by atoms with van der Waals surface area (Å²) in [6.45, 7) is 0.0459. The van der Waals surface area contributed by atoms with Crippen LogP contribution in [-0.2, 0) is 27.7 Å². The smallest absolute Gasteiger partial charge is 0.243 e. The first-order chi connectivity index (χ1) is 12.4. The number of carbonyl (C=O) groups is 1. The number of rotatable bonds is 4. The number of ether oxygens (including phenoxy) is 1. The molecule has 1 unspecified atom stereocenters. The van der Waals surface area contributed by atoms with Crippen LogP contribution in [0.4, 0.5) is 10.1 Å². The Morgan fingerprint density at radius 3 is 2.81 bits per heavy atom. The molecule has 8 heteroatoms. The zero-order valence-corrected chi connectivity index (χ0v) is 14.6. The molecule has 136 valence electrons. The Hall–Kier alpha value is -2.45. The molecule has 6 nitrogen and oxygen atoms in total. The average molecular weight is 376 g/mol. The zero-order chi connectivity index (χ0) is 18.3. The van der Waals surface area contributed by atoms with Crippen molar-refractivity contribution in [2.24, 2.45) is 0 Å². The highest BCUT2D eigenvalue weighted by Crippen LogP contribution is 2.29. The van der Waals surface area contributed by atoms with E-state index in [9.17, 15) is 17.6 Å². The molecule has 0 saturated heterocycles. The molecule has 2 aromatic carbocycles. The molecule has 0 spiro atoms. The summed E-state index contributed by atoms with van der Waals surface area (Å²) in [6.07, 6.45) is 0.893. The highest BCUT2D eigenvalue weighted by Gasteiger charge is 2.27. The maximum atomic E-state index is 14.3. The van der Waals surface area contributed by atoms with Crippen molar-refractivity contribution in [3.63, 3.8) is 0 Å². The molecule has 26 heavy (non-hydrogen) atoms. The van der Waals surface area contributed by atoms with Crippen molar-refractivity contribution in [3.05, 3.63) is 53.3 Å². The Balaban J connectivity index is 1.50. The summed E-state index contributed by atoms with van der Waals surface area (Å²) in [5, 5.41) is 2.55. The van der Waals surface area contributed by atoms with Crippen LogP contribution in [0.3, 0.4) is 0 Å². The molecule has 2 aromatic rings. The molecular weight excluding hydrogens is 359 g/mol. The van der Waals surface area contributed by atoms with Crippen LogP contribution in [-0.4, -0.2) is 27.0 Å². The van der Waals surface area contributed by atoms with Gasteiger partial charge in [0.05, 0.1) is 0 Å². The quantitative estimate of drug-likeness (QED) is 0.855. The third-order valence-corrected chi connectivity index (χ3v) is 6.00. The summed E-state index contributed by atoms with van der Waals surface area (Å²) >= 11 is 0. The average Bonchev–Trinajstić information content (AvgIpc) is 3.02. The maximum Gasteiger partial charge on any atom is 0.243 e. The van der Waals surface area contributed by atoms with E-state index < -0.39 is 20.7 Å². The highest BCUT2D eigenvalue weighted by molar-refractivity contribution is 7.89. The van der Waals surface area contributed by atoms with Gasteiger partial charge in [-0.3, -0.25) is 4.79 Å². The second-order valence-corrected chi connectivity index (χ2v) is 8.13. The van der Waals surface area contributed by atoms with E-state index in [1.54, 1.807) is 0 Å². The predicted molar refractivity (Wildman–Crippen MR) is 93.1 cm³/mol. The van der Waals surface area contributed by atoms with Gasteiger partial charge in [0.2, 0.25) is 15.9 Å². The van der Waals surface area contributed by atoms with Crippen molar-refractivity contribution in [1.82, 2.24) is 4.72 Å². The van der Waals surface area contributed by atoms with E-state index in [2.05, 4.69) is 10.0 Å². The topological polar surface area (TPSA) is 84.5 Å². The van der Waals surface area contributed by atoms with Crippen molar-refractivity contribution in [1.29, 1.82) is 0 Å². The number of halogens is 1. The summed E-state index contributed by atoms with van der Waals surface area (Å²) < 4.78 is 47.5. The minimum atomic E-state index is -4.03. The molecule has 0 radical (unpaired) electrons. The Kier molecular flexibility index (Phi) is 4.16. The molecule has 0 aliphatic carbocycles. The van der Waals surface area contributed by atoms with Crippen molar-refractivity contribution in [2.45, 2.75) is 30.3 Å². The van der Waals surface area contributed by atoms with Crippen molar-refractivity contribution < 1.29 is 22.3 Å². The van der Waals surface area contributed by atoms with Crippen LogP contribution >= 0.6 is 0 Å². The van der Waals surface area contributed by atoms with E-state index in [0.717, 1.165) is 17.4 Å². The van der Waals surface area contributed by atoms with Gasteiger partial charge in [-0.25, -0.2) is 17.5 Å². The van der Waals surface area contributed by atoms with E-state index in [0.29, 0.717) is 24.1 Å². The second kappa shape index (κ2) is 6.37. The number of anilines is 1. The number of aryl methyl sites for hydroxylation is 1. The first kappa shape index (κ1) is 17.0. The minimum Gasteiger partial charge on any atom is -0.488 e. The third-order valence-electron chi connectivity index (χ3n) is 4.56. The Labute approximate surface area is 150 Å². The monoisotopic (exact) mass is 376 g/mol. The molecule has 1 amide bonds. The molecule has 4 rings (SSSR count). The molecule has 2 N–H and O–H groups in total. The molecule has 0 fully saturated rings. The summed E-state index contributed by atoms with van der Waals surface area (Å²) in [6, 6.07) is 9.87. The van der Waals surface area contributed by atoms with E-state index >= 15 is 0 Å². The Bertz CT molecular complexity index is 966. The van der Waals surface area contributed by atoms with Gasteiger partial charge < -0.3 is 10.1 Å². The number of fused-ring (bicyclic) bond motifs is 2. The van der Waals surface area contributed by atoms with Gasteiger partial charge in [0.15, 0.2) is 0 Å². The van der Waals surface area contributed by atoms with E-state index in [1.165, 1.54) is 6.07 Å². The number of hydrogen-bond acceptors (Lipinski definition) is 4. The van der Waals surface area contributed by atoms with E-state index in [1.807, 2.05) is 24.3 Å². The van der Waals surface area contributed by atoms with Crippen LogP contribution in [0, 0.1) is 5.82 Å². The number of sulfonamides is 1. The van der Waals surface area contributed by atoms with E-state index in [-0.39, 0.29) is 25.0 Å². The number of hydrogen-bond donors (Lipinski definition) is 2. The second-order valence-electron chi connectivity index (χ2n) is 6.39. The van der Waals surface area contributed by atoms with Crippen LogP contribution in [0.25, 0.3) is 0 Å². The van der Waals surface area contributed by atoms with Gasteiger partial charge in [-0.2, -0.15) is 0 Å². The summed E-state index contributed by atoms with van der Waals surface area (Å²) in [5.41, 5.74) is 1.95. The molecule has 1 atom stereocenters. The molecule has 0 bridgehead atoms. The Morgan fingerprint density at radius 1 is 1.19 bits per heavy atom. The van der Waals surface area contributed by atoms with Crippen LogP contribution in [0.5, 0.6) is 5.75 Å². The number of benzene rings is 2. The van der Waals surface area contributed by atoms with Crippen molar-refractivity contribution >= 4 is 21.6 Å². The lowest BCUT2D eigenvalue weighted by atomic mass is 10.0. The largest absolute Gasteiger partial charge is 0.488 e. The van der Waals surface area contributed by atoms with Crippen LogP contribution in [0.2, 0.25) is 0 Å². The molecule has 2 aliphatic heterocycles. The van der Waals surface area contributed by atoms with Gasteiger partial charge in [-0.1, -0.05) is 18.2 Å². The SMILES string of the molecule is O=C1CCc2cc(S(=O)(=O)NCC3Cc4ccccc4O3)c(F)cc2N1. The summed E-state index contributed by atoms with van der Waals surface area (Å²) in [7, 11) is -4.03. The van der Waals surface area contributed by atoms with E-state index in [4.69, 9.17) is 4.74 Å². The van der Waals surface area contributed by atoms with Gasteiger partial charge in [-0.05, 0) is 35.7 Å². The maximum absolute atomic E-state index is 14.3. The van der Waals surface area contributed by atoms with Crippen molar-refractivity contribution in [2.75, 3.05) is 11.9 Å². The number of amides is 1.